The lowest BCUT2D eigenvalue weighted by atomic mass is 10.0. The number of allylic oxidation sites excluding steroid dienone is 8. The molecule has 316 valence electrons. The highest BCUT2D eigenvalue weighted by atomic mass is 31.2. The third kappa shape index (κ3) is 41.6. The van der Waals surface area contributed by atoms with E-state index in [0.29, 0.717) is 13.0 Å². The zero-order valence-corrected chi connectivity index (χ0v) is 35.8. The second-order valence-electron chi connectivity index (χ2n) is 14.6. The van der Waals surface area contributed by atoms with E-state index in [0.717, 1.165) is 32.1 Å². The van der Waals surface area contributed by atoms with E-state index in [1.54, 1.807) is 0 Å². The van der Waals surface area contributed by atoms with E-state index in [4.69, 9.17) is 24.3 Å². The smallest absolute Gasteiger partial charge is 0.457 e. The molecule has 0 aliphatic carbocycles. The maximum atomic E-state index is 12.6. The molecule has 0 rings (SSSR count). The number of rotatable bonds is 42. The number of unbranched alkanes of at least 4 members (excludes halogenated alkanes) is 21. The first-order valence-electron chi connectivity index (χ1n) is 22.1. The summed E-state index contributed by atoms with van der Waals surface area (Å²) in [5.41, 5.74) is 5.36. The van der Waals surface area contributed by atoms with Crippen molar-refractivity contribution >= 4 is 13.8 Å². The third-order valence-electron chi connectivity index (χ3n) is 9.26. The largest absolute Gasteiger partial charge is 0.472 e. The molecule has 0 bridgehead atoms. The molecule has 0 fully saturated rings. The molecule has 0 radical (unpaired) electrons. The second kappa shape index (κ2) is 42.6. The number of phosphoric ester groups is 1. The fraction of sp³-hybridized carbons (Fsp3) is 0.800. The molecule has 0 amide bonds. The molecule has 3 N–H and O–H groups in total. The van der Waals surface area contributed by atoms with E-state index in [-0.39, 0.29) is 32.8 Å². The van der Waals surface area contributed by atoms with E-state index in [1.807, 2.05) is 12.2 Å². The standard InChI is InChI=1S/C45H84NO7P/c1-3-5-7-9-11-13-15-17-19-21-22-23-24-26-28-30-32-34-36-38-45(47)53-44(43-52-54(48,49)51-41-39-46)42-50-40-37-35-33-31-29-27-25-20-18-16-14-12-10-8-6-4-2/h17,19,22-23,26,28,32,34,44H,3-16,18,20-21,24-25,27,29-31,33,35-43,46H2,1-2H3,(H,48,49)/b19-17-,23-22-,28-26-,34-32-. The highest BCUT2D eigenvalue weighted by Crippen LogP contribution is 2.43. The second-order valence-corrected chi connectivity index (χ2v) is 16.0. The van der Waals surface area contributed by atoms with Crippen molar-refractivity contribution in [2.75, 3.05) is 33.0 Å². The first-order chi connectivity index (χ1) is 26.4. The Morgan fingerprint density at radius 2 is 0.981 bits per heavy atom. The van der Waals surface area contributed by atoms with Gasteiger partial charge in [-0.2, -0.15) is 0 Å². The van der Waals surface area contributed by atoms with Crippen LogP contribution in [0.25, 0.3) is 0 Å². The van der Waals surface area contributed by atoms with Gasteiger partial charge in [-0.15, -0.1) is 0 Å². The normalized spacial score (nSPS) is 13.9. The Morgan fingerprint density at radius 1 is 0.556 bits per heavy atom. The summed E-state index contributed by atoms with van der Waals surface area (Å²) in [4.78, 5) is 22.4. The predicted molar refractivity (Wildman–Crippen MR) is 229 cm³/mol. The molecule has 9 heteroatoms. The van der Waals surface area contributed by atoms with Crippen molar-refractivity contribution in [1.82, 2.24) is 0 Å². The molecule has 0 spiro atoms. The number of hydrogen-bond acceptors (Lipinski definition) is 7. The summed E-state index contributed by atoms with van der Waals surface area (Å²) in [5.74, 6) is -0.406. The molecule has 54 heavy (non-hydrogen) atoms. The number of nitrogens with two attached hydrogens (primary N) is 1. The fourth-order valence-electron chi connectivity index (χ4n) is 6.00. The number of esters is 1. The van der Waals surface area contributed by atoms with E-state index in [1.165, 1.54) is 135 Å². The van der Waals surface area contributed by atoms with E-state index < -0.39 is 19.9 Å². The Bertz CT molecular complexity index is 968. The highest BCUT2D eigenvalue weighted by molar-refractivity contribution is 7.47. The van der Waals surface area contributed by atoms with Gasteiger partial charge in [-0.05, 0) is 44.9 Å². The van der Waals surface area contributed by atoms with Crippen LogP contribution in [0.3, 0.4) is 0 Å². The van der Waals surface area contributed by atoms with Gasteiger partial charge >= 0.3 is 13.8 Å². The highest BCUT2D eigenvalue weighted by Gasteiger charge is 2.25. The van der Waals surface area contributed by atoms with Crippen LogP contribution in [0.4, 0.5) is 0 Å². The van der Waals surface area contributed by atoms with Crippen LogP contribution in [0.5, 0.6) is 0 Å². The molecule has 8 nitrogen and oxygen atoms in total. The first kappa shape index (κ1) is 52.5. The molecule has 0 heterocycles. The molecule has 2 atom stereocenters. The third-order valence-corrected chi connectivity index (χ3v) is 10.2. The first-order valence-corrected chi connectivity index (χ1v) is 23.6. The van der Waals surface area contributed by atoms with E-state index in [2.05, 4.69) is 50.3 Å². The van der Waals surface area contributed by atoms with Crippen molar-refractivity contribution in [3.63, 3.8) is 0 Å². The van der Waals surface area contributed by atoms with Crippen LogP contribution < -0.4 is 5.73 Å². The van der Waals surface area contributed by atoms with Crippen LogP contribution in [0.15, 0.2) is 48.6 Å². The Morgan fingerprint density at radius 3 is 1.46 bits per heavy atom. The van der Waals surface area contributed by atoms with Gasteiger partial charge in [0.05, 0.1) is 19.8 Å². The molecule has 0 aliphatic heterocycles. The lowest BCUT2D eigenvalue weighted by Crippen LogP contribution is -2.28. The van der Waals surface area contributed by atoms with Gasteiger partial charge in [-0.1, -0.05) is 191 Å². The van der Waals surface area contributed by atoms with Crippen LogP contribution in [-0.2, 0) is 27.9 Å². The Kier molecular flexibility index (Phi) is 41.4. The van der Waals surface area contributed by atoms with Crippen LogP contribution in [0.2, 0.25) is 0 Å². The van der Waals surface area contributed by atoms with E-state index >= 15 is 0 Å². The van der Waals surface area contributed by atoms with Gasteiger partial charge in [0.2, 0.25) is 0 Å². The number of carbonyl (C=O) groups excluding carboxylic acids is 1. The van der Waals surface area contributed by atoms with Gasteiger partial charge in [0.25, 0.3) is 0 Å². The zero-order chi connectivity index (χ0) is 39.5. The monoisotopic (exact) mass is 782 g/mol. The summed E-state index contributed by atoms with van der Waals surface area (Å²) >= 11 is 0. The molecule has 0 saturated carbocycles. The quantitative estimate of drug-likeness (QED) is 0.0272. The minimum atomic E-state index is -4.29. The van der Waals surface area contributed by atoms with Gasteiger partial charge in [0.1, 0.15) is 6.10 Å². The molecule has 0 aliphatic rings. The molecule has 0 aromatic heterocycles. The minimum Gasteiger partial charge on any atom is -0.457 e. The van der Waals surface area contributed by atoms with Gasteiger partial charge in [-0.25, -0.2) is 4.57 Å². The average Bonchev–Trinajstić information content (AvgIpc) is 3.16. The van der Waals surface area contributed by atoms with Crippen molar-refractivity contribution in [2.24, 2.45) is 5.73 Å². The van der Waals surface area contributed by atoms with Crippen LogP contribution in [0.1, 0.15) is 194 Å². The molecule has 0 saturated heterocycles. The summed E-state index contributed by atoms with van der Waals surface area (Å²) in [7, 11) is -4.29. The zero-order valence-electron chi connectivity index (χ0n) is 35.0. The molecular formula is C45H84NO7P. The van der Waals surface area contributed by atoms with Gasteiger partial charge in [0, 0.05) is 19.6 Å². The molecule has 0 aromatic carbocycles. The van der Waals surface area contributed by atoms with Crippen molar-refractivity contribution in [3.8, 4) is 0 Å². The van der Waals surface area contributed by atoms with Crippen molar-refractivity contribution in [3.05, 3.63) is 48.6 Å². The van der Waals surface area contributed by atoms with Gasteiger partial charge in [-0.3, -0.25) is 13.8 Å². The lowest BCUT2D eigenvalue weighted by molar-refractivity contribution is -0.154. The molecular weight excluding hydrogens is 697 g/mol. The van der Waals surface area contributed by atoms with E-state index in [9.17, 15) is 14.3 Å². The lowest BCUT2D eigenvalue weighted by Gasteiger charge is -2.20. The average molecular weight is 782 g/mol. The van der Waals surface area contributed by atoms with Crippen LogP contribution in [-0.4, -0.2) is 49.9 Å². The van der Waals surface area contributed by atoms with Crippen molar-refractivity contribution < 1.29 is 32.8 Å². The molecule has 2 unspecified atom stereocenters. The predicted octanol–water partition coefficient (Wildman–Crippen LogP) is 13.2. The molecule has 0 aromatic rings. The summed E-state index contributed by atoms with van der Waals surface area (Å²) < 4.78 is 33.3. The summed E-state index contributed by atoms with van der Waals surface area (Å²) in [6.45, 7) is 4.84. The summed E-state index contributed by atoms with van der Waals surface area (Å²) in [5, 5.41) is 0. The number of phosphoric acid groups is 1. The summed E-state index contributed by atoms with van der Waals surface area (Å²) in [6.07, 6.45) is 50.0. The maximum absolute atomic E-state index is 12.6. The van der Waals surface area contributed by atoms with Crippen molar-refractivity contribution in [2.45, 2.75) is 200 Å². The van der Waals surface area contributed by atoms with Crippen LogP contribution in [0, 0.1) is 0 Å². The Labute approximate surface area is 332 Å². The Balaban J connectivity index is 4.14. The van der Waals surface area contributed by atoms with Crippen LogP contribution >= 0.6 is 7.82 Å². The van der Waals surface area contributed by atoms with Gasteiger partial charge in [0.15, 0.2) is 0 Å². The number of hydrogen-bond donors (Lipinski definition) is 2. The fourth-order valence-corrected chi connectivity index (χ4v) is 6.77. The SMILES string of the molecule is CCCCCCCC/C=C\C/C=C\C/C=C\C/C=C\CCC(=O)OC(COCCCCCCCCCCCCCCCCCC)COP(=O)(O)OCCN. The number of ether oxygens (including phenoxy) is 2. The number of carbonyl (C=O) groups is 1. The maximum Gasteiger partial charge on any atom is 0.472 e. The Hall–Kier alpha value is -1.54. The topological polar surface area (TPSA) is 117 Å². The summed E-state index contributed by atoms with van der Waals surface area (Å²) in [6, 6.07) is 0. The van der Waals surface area contributed by atoms with Crippen molar-refractivity contribution in [1.29, 1.82) is 0 Å². The van der Waals surface area contributed by atoms with Gasteiger partial charge < -0.3 is 20.1 Å². The minimum absolute atomic E-state index is 0.0892.